The molecule has 0 amide bonds. The molecule has 2 heterocycles. The average Bonchev–Trinajstić information content (AvgIpc) is 2.75. The van der Waals surface area contributed by atoms with Crippen molar-refractivity contribution in [2.24, 2.45) is 0 Å². The summed E-state index contributed by atoms with van der Waals surface area (Å²) in [5, 5.41) is 5.81. The van der Waals surface area contributed by atoms with Gasteiger partial charge in [-0.15, -0.1) is 0 Å². The van der Waals surface area contributed by atoms with Gasteiger partial charge in [-0.25, -0.2) is 4.98 Å². The molecule has 0 spiro atoms. The van der Waals surface area contributed by atoms with Gasteiger partial charge in [0.25, 0.3) is 0 Å². The fraction of sp³-hybridized carbons (Fsp3) is 0.400. The van der Waals surface area contributed by atoms with Crippen LogP contribution in [0.1, 0.15) is 6.42 Å². The largest absolute Gasteiger partial charge is 0.497 e. The molecular weight excluding hydrogens is 238 g/mol. The van der Waals surface area contributed by atoms with Crippen LogP contribution in [0.4, 0.5) is 5.82 Å². The van der Waals surface area contributed by atoms with Gasteiger partial charge in [0.05, 0.1) is 7.11 Å². The first-order valence-corrected chi connectivity index (χ1v) is 6.77. The van der Waals surface area contributed by atoms with E-state index < -0.39 is 0 Å². The van der Waals surface area contributed by atoms with Gasteiger partial charge in [0, 0.05) is 31.2 Å². The molecule has 4 heteroatoms. The lowest BCUT2D eigenvalue weighted by Crippen LogP contribution is -2.28. The maximum absolute atomic E-state index is 5.28. The lowest BCUT2D eigenvalue weighted by Gasteiger charge is -2.22. The highest BCUT2D eigenvalue weighted by Gasteiger charge is 2.13. The third-order valence-electron chi connectivity index (χ3n) is 3.59. The molecule has 1 N–H and O–H groups in total. The zero-order valence-corrected chi connectivity index (χ0v) is 11.2. The van der Waals surface area contributed by atoms with E-state index in [0.717, 1.165) is 44.2 Å². The first kappa shape index (κ1) is 12.2. The lowest BCUT2D eigenvalue weighted by atomic mass is 10.1. The van der Waals surface area contributed by atoms with Crippen molar-refractivity contribution in [1.82, 2.24) is 10.3 Å². The minimum absolute atomic E-state index is 0.891. The Bertz CT molecular complexity index is 562. The van der Waals surface area contributed by atoms with Crippen LogP contribution in [0.2, 0.25) is 0 Å². The molecule has 1 aliphatic rings. The summed E-state index contributed by atoms with van der Waals surface area (Å²) in [5.41, 5.74) is 0. The molecule has 19 heavy (non-hydrogen) atoms. The monoisotopic (exact) mass is 257 g/mol. The van der Waals surface area contributed by atoms with E-state index in [1.54, 1.807) is 7.11 Å². The Balaban J connectivity index is 2.02. The molecule has 0 saturated carbocycles. The highest BCUT2D eigenvalue weighted by molar-refractivity contribution is 5.93. The van der Waals surface area contributed by atoms with Gasteiger partial charge >= 0.3 is 0 Å². The van der Waals surface area contributed by atoms with Crippen molar-refractivity contribution in [1.29, 1.82) is 0 Å². The maximum Gasteiger partial charge on any atom is 0.136 e. The zero-order valence-electron chi connectivity index (χ0n) is 11.2. The van der Waals surface area contributed by atoms with E-state index in [-0.39, 0.29) is 0 Å². The number of hydrogen-bond donors (Lipinski definition) is 1. The number of fused-ring (bicyclic) bond motifs is 1. The second-order valence-electron chi connectivity index (χ2n) is 4.81. The molecular formula is C15H19N3O. The van der Waals surface area contributed by atoms with Crippen molar-refractivity contribution < 1.29 is 4.74 Å². The molecule has 1 aliphatic heterocycles. The van der Waals surface area contributed by atoms with Gasteiger partial charge in [0.1, 0.15) is 11.6 Å². The van der Waals surface area contributed by atoms with Crippen LogP contribution in [0.3, 0.4) is 0 Å². The van der Waals surface area contributed by atoms with Crippen molar-refractivity contribution in [2.45, 2.75) is 6.42 Å². The number of benzene rings is 1. The van der Waals surface area contributed by atoms with Crippen LogP contribution in [0.15, 0.2) is 30.5 Å². The summed E-state index contributed by atoms with van der Waals surface area (Å²) in [5.74, 6) is 1.98. The smallest absolute Gasteiger partial charge is 0.136 e. The highest BCUT2D eigenvalue weighted by atomic mass is 16.5. The molecule has 0 radical (unpaired) electrons. The summed E-state index contributed by atoms with van der Waals surface area (Å²) in [6, 6.07) is 8.21. The van der Waals surface area contributed by atoms with E-state index in [9.17, 15) is 0 Å². The molecule has 0 atom stereocenters. The minimum atomic E-state index is 0.891. The predicted molar refractivity (Wildman–Crippen MR) is 78.0 cm³/mol. The van der Waals surface area contributed by atoms with Gasteiger partial charge in [0.15, 0.2) is 0 Å². The van der Waals surface area contributed by atoms with E-state index in [2.05, 4.69) is 27.3 Å². The summed E-state index contributed by atoms with van der Waals surface area (Å²) in [4.78, 5) is 6.95. The topological polar surface area (TPSA) is 37.4 Å². The van der Waals surface area contributed by atoms with E-state index >= 15 is 0 Å². The Morgan fingerprint density at radius 1 is 1.21 bits per heavy atom. The number of aromatic nitrogens is 1. The van der Waals surface area contributed by atoms with Crippen molar-refractivity contribution in [3.63, 3.8) is 0 Å². The van der Waals surface area contributed by atoms with Gasteiger partial charge in [-0.1, -0.05) is 0 Å². The predicted octanol–water partition coefficient (Wildman–Crippen LogP) is 2.04. The van der Waals surface area contributed by atoms with Crippen LogP contribution >= 0.6 is 0 Å². The standard InChI is InChI=1S/C15H19N3O/c1-19-13-3-4-14-12(11-13)5-7-17-15(14)18-9-2-6-16-8-10-18/h3-5,7,11,16H,2,6,8-10H2,1H3. The molecule has 2 aromatic rings. The second kappa shape index (κ2) is 5.45. The van der Waals surface area contributed by atoms with Crippen LogP contribution in [-0.2, 0) is 0 Å². The molecule has 1 fully saturated rings. The summed E-state index contributed by atoms with van der Waals surface area (Å²) in [6.45, 7) is 4.19. The normalized spacial score (nSPS) is 16.4. The van der Waals surface area contributed by atoms with Gasteiger partial charge < -0.3 is 15.0 Å². The SMILES string of the molecule is COc1ccc2c(N3CCCNCC3)nccc2c1. The molecule has 0 aliphatic carbocycles. The molecule has 1 aromatic heterocycles. The number of hydrogen-bond acceptors (Lipinski definition) is 4. The summed E-state index contributed by atoms with van der Waals surface area (Å²) in [7, 11) is 1.70. The van der Waals surface area contributed by atoms with Crippen molar-refractivity contribution in [2.75, 3.05) is 38.2 Å². The Kier molecular flexibility index (Phi) is 3.51. The first-order valence-electron chi connectivity index (χ1n) is 6.77. The Morgan fingerprint density at radius 3 is 3.05 bits per heavy atom. The number of rotatable bonds is 2. The summed E-state index contributed by atoms with van der Waals surface area (Å²) >= 11 is 0. The van der Waals surface area contributed by atoms with Gasteiger partial charge in [-0.05, 0) is 42.6 Å². The molecule has 0 bridgehead atoms. The number of nitrogens with one attached hydrogen (secondary N) is 1. The van der Waals surface area contributed by atoms with Crippen LogP contribution < -0.4 is 15.0 Å². The third kappa shape index (κ3) is 2.49. The quantitative estimate of drug-likeness (QED) is 0.893. The van der Waals surface area contributed by atoms with E-state index in [1.165, 1.54) is 10.8 Å². The second-order valence-corrected chi connectivity index (χ2v) is 4.81. The fourth-order valence-electron chi connectivity index (χ4n) is 2.58. The first-order chi connectivity index (χ1) is 9.38. The number of anilines is 1. The fourth-order valence-corrected chi connectivity index (χ4v) is 2.58. The van der Waals surface area contributed by atoms with Gasteiger partial charge in [0.2, 0.25) is 0 Å². The average molecular weight is 257 g/mol. The maximum atomic E-state index is 5.28. The van der Waals surface area contributed by atoms with Gasteiger partial charge in [-0.2, -0.15) is 0 Å². The van der Waals surface area contributed by atoms with E-state index in [0.29, 0.717) is 0 Å². The highest BCUT2D eigenvalue weighted by Crippen LogP contribution is 2.27. The number of ether oxygens (including phenoxy) is 1. The van der Waals surface area contributed by atoms with Crippen molar-refractivity contribution in [3.05, 3.63) is 30.5 Å². The van der Waals surface area contributed by atoms with Crippen LogP contribution in [0.5, 0.6) is 5.75 Å². The zero-order chi connectivity index (χ0) is 13.1. The van der Waals surface area contributed by atoms with Crippen LogP contribution in [-0.4, -0.2) is 38.3 Å². The molecule has 100 valence electrons. The van der Waals surface area contributed by atoms with E-state index in [4.69, 9.17) is 4.74 Å². The Labute approximate surface area is 113 Å². The molecule has 3 rings (SSSR count). The van der Waals surface area contributed by atoms with Crippen molar-refractivity contribution in [3.8, 4) is 5.75 Å². The van der Waals surface area contributed by atoms with Crippen LogP contribution in [0.25, 0.3) is 10.8 Å². The summed E-state index contributed by atoms with van der Waals surface area (Å²) < 4.78 is 5.28. The third-order valence-corrected chi connectivity index (χ3v) is 3.59. The molecule has 1 aromatic carbocycles. The van der Waals surface area contributed by atoms with Crippen molar-refractivity contribution >= 4 is 16.6 Å². The lowest BCUT2D eigenvalue weighted by molar-refractivity contribution is 0.415. The number of pyridine rings is 1. The Hall–Kier alpha value is -1.81. The Morgan fingerprint density at radius 2 is 2.16 bits per heavy atom. The van der Waals surface area contributed by atoms with Gasteiger partial charge in [-0.3, -0.25) is 0 Å². The summed E-state index contributed by atoms with van der Waals surface area (Å²) in [6.07, 6.45) is 3.05. The number of nitrogens with zero attached hydrogens (tertiary/aromatic N) is 2. The minimum Gasteiger partial charge on any atom is -0.497 e. The molecule has 1 saturated heterocycles. The molecule has 4 nitrogen and oxygen atoms in total. The van der Waals surface area contributed by atoms with Crippen LogP contribution in [0, 0.1) is 0 Å². The molecule has 0 unspecified atom stereocenters. The van der Waals surface area contributed by atoms with E-state index in [1.807, 2.05) is 18.3 Å². The number of methoxy groups -OCH3 is 1.